The maximum absolute atomic E-state index is 6.02. The quantitative estimate of drug-likeness (QED) is 0.347. The van der Waals surface area contributed by atoms with Crippen LogP contribution >= 0.6 is 11.6 Å². The molecule has 30 heavy (non-hydrogen) atoms. The number of nitrogens with zero attached hydrogens (tertiary/aromatic N) is 6. The molecule has 3 aromatic heterocycles. The molecule has 0 spiro atoms. The average Bonchev–Trinajstić information content (AvgIpc) is 3.39. The summed E-state index contributed by atoms with van der Waals surface area (Å²) in [5.74, 6) is 2.51. The van der Waals surface area contributed by atoms with Crippen LogP contribution in [0.15, 0.2) is 58.2 Å². The Morgan fingerprint density at radius 1 is 1.17 bits per heavy atom. The van der Waals surface area contributed by atoms with Gasteiger partial charge in [0.2, 0.25) is 11.7 Å². The van der Waals surface area contributed by atoms with E-state index in [4.69, 9.17) is 16.1 Å². The van der Waals surface area contributed by atoms with Gasteiger partial charge in [-0.3, -0.25) is 4.40 Å². The molecular weight excluding hydrogens is 404 g/mol. The Labute approximate surface area is 178 Å². The lowest BCUT2D eigenvalue weighted by Gasteiger charge is -2.09. The first-order chi connectivity index (χ1) is 14.7. The minimum absolute atomic E-state index is 0.403. The molecule has 0 bridgehead atoms. The highest BCUT2D eigenvalue weighted by Crippen LogP contribution is 2.19. The van der Waals surface area contributed by atoms with Crippen LogP contribution in [-0.4, -0.2) is 43.8 Å². The van der Waals surface area contributed by atoms with E-state index in [0.29, 0.717) is 42.2 Å². The molecule has 3 heterocycles. The average molecular weight is 425 g/mol. The summed E-state index contributed by atoms with van der Waals surface area (Å²) in [5.41, 5.74) is 1.62. The number of guanidine groups is 1. The molecule has 10 heteroatoms. The zero-order chi connectivity index (χ0) is 20.8. The molecule has 9 nitrogen and oxygen atoms in total. The molecule has 0 aliphatic heterocycles. The first-order valence-electron chi connectivity index (χ1n) is 9.62. The lowest BCUT2D eigenvalue weighted by Crippen LogP contribution is -2.38. The number of rotatable bonds is 7. The van der Waals surface area contributed by atoms with Gasteiger partial charge in [0.15, 0.2) is 17.4 Å². The number of aliphatic imine (C=N–C) groups is 1. The van der Waals surface area contributed by atoms with Gasteiger partial charge in [-0.05, 0) is 31.2 Å². The molecule has 0 aliphatic carbocycles. The van der Waals surface area contributed by atoms with E-state index in [1.165, 1.54) is 0 Å². The van der Waals surface area contributed by atoms with Crippen molar-refractivity contribution in [3.05, 3.63) is 65.4 Å². The molecule has 0 radical (unpaired) electrons. The lowest BCUT2D eigenvalue weighted by atomic mass is 10.2. The van der Waals surface area contributed by atoms with Gasteiger partial charge >= 0.3 is 0 Å². The fraction of sp³-hybridized carbons (Fsp3) is 0.250. The first-order valence-corrected chi connectivity index (χ1v) is 10.00. The molecule has 0 fully saturated rings. The van der Waals surface area contributed by atoms with E-state index in [2.05, 4.69) is 36.0 Å². The van der Waals surface area contributed by atoms with Crippen molar-refractivity contribution in [1.29, 1.82) is 0 Å². The molecule has 0 saturated carbocycles. The van der Waals surface area contributed by atoms with E-state index >= 15 is 0 Å². The van der Waals surface area contributed by atoms with Gasteiger partial charge in [-0.1, -0.05) is 35.0 Å². The molecule has 2 N–H and O–H groups in total. The van der Waals surface area contributed by atoms with E-state index < -0.39 is 0 Å². The van der Waals surface area contributed by atoms with Crippen LogP contribution in [0, 0.1) is 0 Å². The predicted octanol–water partition coefficient (Wildman–Crippen LogP) is 2.73. The summed E-state index contributed by atoms with van der Waals surface area (Å²) in [5, 5.41) is 19.5. The predicted molar refractivity (Wildman–Crippen MR) is 114 cm³/mol. The highest BCUT2D eigenvalue weighted by atomic mass is 35.5. The Morgan fingerprint density at radius 2 is 2.10 bits per heavy atom. The molecule has 1 aromatic carbocycles. The maximum atomic E-state index is 6.02. The van der Waals surface area contributed by atoms with Crippen molar-refractivity contribution in [3.63, 3.8) is 0 Å². The monoisotopic (exact) mass is 424 g/mol. The van der Waals surface area contributed by atoms with Gasteiger partial charge in [0.25, 0.3) is 0 Å². The van der Waals surface area contributed by atoms with Crippen LogP contribution in [-0.2, 0) is 13.0 Å². The Morgan fingerprint density at radius 3 is 2.97 bits per heavy atom. The molecule has 0 aliphatic rings. The Hall–Kier alpha value is -3.46. The SMILES string of the molecule is CCNC(=NCc1nnc2ccccn12)NCCc1nc(-c2cccc(Cl)c2)no1. The van der Waals surface area contributed by atoms with Crippen molar-refractivity contribution in [2.75, 3.05) is 13.1 Å². The van der Waals surface area contributed by atoms with Crippen molar-refractivity contribution in [2.24, 2.45) is 4.99 Å². The normalized spacial score (nSPS) is 11.7. The van der Waals surface area contributed by atoms with Gasteiger partial charge in [-0.2, -0.15) is 4.98 Å². The molecule has 4 aromatic rings. The molecule has 0 saturated heterocycles. The number of halogens is 1. The molecule has 0 unspecified atom stereocenters. The summed E-state index contributed by atoms with van der Waals surface area (Å²) >= 11 is 6.02. The zero-order valence-electron chi connectivity index (χ0n) is 16.4. The van der Waals surface area contributed by atoms with E-state index in [9.17, 15) is 0 Å². The van der Waals surface area contributed by atoms with Gasteiger partial charge in [0.1, 0.15) is 6.54 Å². The number of hydrogen-bond donors (Lipinski definition) is 2. The number of fused-ring (bicyclic) bond motifs is 1. The summed E-state index contributed by atoms with van der Waals surface area (Å²) < 4.78 is 7.26. The van der Waals surface area contributed by atoms with Crippen molar-refractivity contribution >= 4 is 23.2 Å². The third kappa shape index (κ3) is 4.74. The number of nitrogens with one attached hydrogen (secondary N) is 2. The van der Waals surface area contributed by atoms with Crippen LogP contribution in [0.25, 0.3) is 17.0 Å². The van der Waals surface area contributed by atoms with Crippen LogP contribution in [0.5, 0.6) is 0 Å². The Bertz CT molecular complexity index is 1150. The van der Waals surface area contributed by atoms with Crippen molar-refractivity contribution in [2.45, 2.75) is 19.9 Å². The molecule has 4 rings (SSSR count). The van der Waals surface area contributed by atoms with Crippen molar-refractivity contribution < 1.29 is 4.52 Å². The van der Waals surface area contributed by atoms with E-state index in [-0.39, 0.29) is 0 Å². The van der Waals surface area contributed by atoms with Gasteiger partial charge < -0.3 is 15.2 Å². The van der Waals surface area contributed by atoms with E-state index in [1.54, 1.807) is 12.1 Å². The largest absolute Gasteiger partial charge is 0.357 e. The minimum Gasteiger partial charge on any atom is -0.357 e. The second-order valence-electron chi connectivity index (χ2n) is 6.44. The number of aromatic nitrogens is 5. The second kappa shape index (κ2) is 9.36. The van der Waals surface area contributed by atoms with Crippen LogP contribution < -0.4 is 10.6 Å². The zero-order valence-corrected chi connectivity index (χ0v) is 17.2. The number of benzene rings is 1. The van der Waals surface area contributed by atoms with E-state index in [1.807, 2.05) is 47.9 Å². The summed E-state index contributed by atoms with van der Waals surface area (Å²) in [7, 11) is 0. The third-order valence-electron chi connectivity index (χ3n) is 4.29. The topological polar surface area (TPSA) is 106 Å². The Balaban J connectivity index is 1.35. The highest BCUT2D eigenvalue weighted by Gasteiger charge is 2.09. The number of hydrogen-bond acceptors (Lipinski definition) is 6. The lowest BCUT2D eigenvalue weighted by molar-refractivity contribution is 0.378. The second-order valence-corrected chi connectivity index (χ2v) is 6.88. The molecule has 154 valence electrons. The smallest absolute Gasteiger partial charge is 0.228 e. The van der Waals surface area contributed by atoms with Gasteiger partial charge in [0, 0.05) is 36.3 Å². The van der Waals surface area contributed by atoms with Crippen molar-refractivity contribution in [3.8, 4) is 11.4 Å². The summed E-state index contributed by atoms with van der Waals surface area (Å²) in [6, 6.07) is 13.1. The molecule has 0 amide bonds. The Kier molecular flexibility index (Phi) is 6.19. The van der Waals surface area contributed by atoms with Crippen LogP contribution in [0.2, 0.25) is 5.02 Å². The van der Waals surface area contributed by atoms with Gasteiger partial charge in [-0.25, -0.2) is 4.99 Å². The molecule has 0 atom stereocenters. The van der Waals surface area contributed by atoms with Crippen LogP contribution in [0.1, 0.15) is 18.6 Å². The highest BCUT2D eigenvalue weighted by molar-refractivity contribution is 6.30. The van der Waals surface area contributed by atoms with E-state index in [0.717, 1.165) is 23.6 Å². The number of pyridine rings is 1. The fourth-order valence-electron chi connectivity index (χ4n) is 2.88. The third-order valence-corrected chi connectivity index (χ3v) is 4.52. The fourth-order valence-corrected chi connectivity index (χ4v) is 3.07. The van der Waals surface area contributed by atoms with Crippen molar-refractivity contribution in [1.82, 2.24) is 35.4 Å². The summed E-state index contributed by atoms with van der Waals surface area (Å²) in [4.78, 5) is 9.02. The van der Waals surface area contributed by atoms with Gasteiger partial charge in [0.05, 0.1) is 0 Å². The summed E-state index contributed by atoms with van der Waals surface area (Å²) in [6.45, 7) is 3.74. The summed E-state index contributed by atoms with van der Waals surface area (Å²) in [6.07, 6.45) is 2.49. The molecular formula is C20H21ClN8O. The maximum Gasteiger partial charge on any atom is 0.228 e. The van der Waals surface area contributed by atoms with Gasteiger partial charge in [-0.15, -0.1) is 10.2 Å². The first kappa shape index (κ1) is 19.8. The van der Waals surface area contributed by atoms with Crippen LogP contribution in [0.3, 0.4) is 0 Å². The van der Waals surface area contributed by atoms with Crippen LogP contribution in [0.4, 0.5) is 0 Å². The standard InChI is InChI=1S/C20H21ClN8O/c1-2-22-20(24-13-17-27-26-16-8-3-4-11-29(16)17)23-10-9-18-25-19(28-30-18)14-6-5-7-15(21)12-14/h3-8,11-12H,2,9-10,13H2,1H3,(H2,22,23,24). The minimum atomic E-state index is 0.403.